The summed E-state index contributed by atoms with van der Waals surface area (Å²) in [5.41, 5.74) is 4.23. The van der Waals surface area contributed by atoms with E-state index in [0.29, 0.717) is 5.56 Å². The molecule has 32 heavy (non-hydrogen) atoms. The fraction of sp³-hybridized carbons (Fsp3) is 0. The van der Waals surface area contributed by atoms with Crippen LogP contribution in [0.3, 0.4) is 0 Å². The minimum absolute atomic E-state index is 0. The van der Waals surface area contributed by atoms with E-state index >= 15 is 0 Å². The van der Waals surface area contributed by atoms with Crippen LogP contribution in [0.2, 0.25) is 0 Å². The zero-order valence-corrected chi connectivity index (χ0v) is 20.3. The van der Waals surface area contributed by atoms with Crippen molar-refractivity contribution >= 4 is 36.0 Å². The van der Waals surface area contributed by atoms with Crippen LogP contribution in [-0.4, -0.2) is 12.1 Å². The summed E-state index contributed by atoms with van der Waals surface area (Å²) in [7, 11) is -1.21. The molecular formula is C27H25N2OPPd. The minimum atomic E-state index is -1.21. The second-order valence-corrected chi connectivity index (χ2v) is 9.20. The van der Waals surface area contributed by atoms with E-state index in [-0.39, 0.29) is 33.8 Å². The molecule has 4 rings (SSSR count). The molecule has 4 aromatic rings. The van der Waals surface area contributed by atoms with Crippen molar-refractivity contribution in [3.8, 4) is 0 Å². The van der Waals surface area contributed by atoms with E-state index < -0.39 is 7.92 Å². The molecule has 164 valence electrons. The molecule has 4 aromatic carbocycles. The number of hydrazone groups is 1. The smallest absolute Gasteiger partial charge is 0.271 e. The second kappa shape index (κ2) is 12.8. The first-order valence-electron chi connectivity index (χ1n) is 9.78. The number of nitrogens with one attached hydrogen (secondary N) is 1. The normalized spacial score (nSPS) is 10.3. The van der Waals surface area contributed by atoms with E-state index in [0.717, 1.165) is 5.56 Å². The Labute approximate surface area is 205 Å². The Morgan fingerprint density at radius 3 is 1.72 bits per heavy atom. The van der Waals surface area contributed by atoms with Crippen LogP contribution >= 0.6 is 7.92 Å². The molecule has 0 fully saturated rings. The molecule has 0 saturated carbocycles. The fourth-order valence-electron chi connectivity index (χ4n) is 3.34. The number of rotatable bonds is 6. The largest absolute Gasteiger partial charge is 0.358 e. The van der Waals surface area contributed by atoms with Crippen LogP contribution in [0, 0.1) is 7.43 Å². The van der Waals surface area contributed by atoms with Crippen molar-refractivity contribution in [2.45, 2.75) is 0 Å². The first kappa shape index (κ1) is 25.4. The number of carbonyl (C=O) groups is 1. The molecule has 0 aliphatic rings. The van der Waals surface area contributed by atoms with Crippen LogP contribution in [0.25, 0.3) is 0 Å². The molecule has 5 heteroatoms. The Balaban J connectivity index is 0.00000181. The summed E-state index contributed by atoms with van der Waals surface area (Å²) < 4.78 is 0. The maximum atomic E-state index is 12.3. The van der Waals surface area contributed by atoms with Gasteiger partial charge in [-0.1, -0.05) is 66.7 Å². The quantitative estimate of drug-likeness (QED) is 0.130. The summed E-state index contributed by atoms with van der Waals surface area (Å²) in [5.74, 6) is -0.221. The molecule has 1 amide bonds. The summed E-state index contributed by atoms with van der Waals surface area (Å²) in [5, 5.41) is 8.09. The molecular weight excluding hydrogens is 506 g/mol. The van der Waals surface area contributed by atoms with Gasteiger partial charge in [0.1, 0.15) is 15.9 Å². The monoisotopic (exact) mass is 530 g/mol. The van der Waals surface area contributed by atoms with Crippen molar-refractivity contribution in [3.05, 3.63) is 134 Å². The third-order valence-corrected chi connectivity index (χ3v) is 7.58. The average molecular weight is 531 g/mol. The average Bonchev–Trinajstić information content (AvgIpc) is 2.82. The number of carbonyl (C=O) groups excluding carboxylic acids is 1. The van der Waals surface area contributed by atoms with E-state index in [1.807, 2.05) is 42.5 Å². The number of nitrogens with zero attached hydrogens (tertiary/aromatic N) is 1. The summed E-state index contributed by atoms with van der Waals surface area (Å²) in [6, 6.07) is 38.5. The minimum Gasteiger partial charge on any atom is -0.358 e. The number of benzene rings is 4. The SMILES string of the molecule is O=C(NN=Cc1ccccc1[PH+](c1ccccc1)c1ccccc1)c1ccccc1.[CH3-].[Pd]. The van der Waals surface area contributed by atoms with Gasteiger partial charge >= 0.3 is 0 Å². The van der Waals surface area contributed by atoms with E-state index in [4.69, 9.17) is 0 Å². The van der Waals surface area contributed by atoms with Gasteiger partial charge < -0.3 is 7.43 Å². The molecule has 0 saturated heterocycles. The van der Waals surface area contributed by atoms with Gasteiger partial charge in [0.05, 0.1) is 14.1 Å². The van der Waals surface area contributed by atoms with Gasteiger partial charge in [0, 0.05) is 31.5 Å². The summed E-state index contributed by atoms with van der Waals surface area (Å²) in [6.07, 6.45) is 1.74. The van der Waals surface area contributed by atoms with Gasteiger partial charge in [0.2, 0.25) is 0 Å². The van der Waals surface area contributed by atoms with Crippen LogP contribution in [0.4, 0.5) is 0 Å². The van der Waals surface area contributed by atoms with E-state index in [9.17, 15) is 4.79 Å². The molecule has 1 N–H and O–H groups in total. The van der Waals surface area contributed by atoms with E-state index in [2.05, 4.69) is 71.2 Å². The molecule has 0 heterocycles. The van der Waals surface area contributed by atoms with Crippen molar-refractivity contribution in [2.24, 2.45) is 5.10 Å². The molecule has 0 aliphatic carbocycles. The standard InChI is InChI=1S/C26H21N2OP.CH3.Pd/c29-26(21-12-4-1-5-13-21)28-27-20-22-14-10-11-19-25(22)30(23-15-6-2-7-16-23)24-17-8-3-9-18-24;;/h1-20H,(H,28,29);1H3;/q;-1;/p+1. The van der Waals surface area contributed by atoms with Crippen molar-refractivity contribution in [1.29, 1.82) is 0 Å². The van der Waals surface area contributed by atoms with Gasteiger partial charge in [-0.2, -0.15) is 5.10 Å². The Morgan fingerprint density at radius 2 is 1.16 bits per heavy atom. The van der Waals surface area contributed by atoms with E-state index in [1.54, 1.807) is 18.3 Å². The Morgan fingerprint density at radius 1 is 0.688 bits per heavy atom. The maximum Gasteiger partial charge on any atom is 0.271 e. The summed E-state index contributed by atoms with van der Waals surface area (Å²) in [6.45, 7) is 0. The Bertz CT molecular complexity index is 1100. The third kappa shape index (κ3) is 6.31. The fourth-order valence-corrected chi connectivity index (χ4v) is 6.05. The zero-order valence-electron chi connectivity index (χ0n) is 17.7. The molecule has 0 aromatic heterocycles. The van der Waals surface area contributed by atoms with Gasteiger partial charge in [0.15, 0.2) is 0 Å². The van der Waals surface area contributed by atoms with Gasteiger partial charge in [-0.05, 0) is 48.5 Å². The van der Waals surface area contributed by atoms with Crippen LogP contribution in [0.5, 0.6) is 0 Å². The number of hydrogen-bond acceptors (Lipinski definition) is 2. The molecule has 3 nitrogen and oxygen atoms in total. The molecule has 0 bridgehead atoms. The topological polar surface area (TPSA) is 41.5 Å². The summed E-state index contributed by atoms with van der Waals surface area (Å²) in [4.78, 5) is 12.3. The van der Waals surface area contributed by atoms with Gasteiger partial charge in [-0.3, -0.25) is 4.79 Å². The molecule has 0 radical (unpaired) electrons. The van der Waals surface area contributed by atoms with Gasteiger partial charge in [0.25, 0.3) is 5.91 Å². The third-order valence-electron chi connectivity index (χ3n) is 4.76. The molecule has 0 spiro atoms. The maximum absolute atomic E-state index is 12.3. The predicted molar refractivity (Wildman–Crippen MR) is 134 cm³/mol. The van der Waals surface area contributed by atoms with Crippen LogP contribution < -0.4 is 21.3 Å². The zero-order chi connectivity index (χ0) is 20.6. The van der Waals surface area contributed by atoms with Crippen LogP contribution in [-0.2, 0) is 20.4 Å². The first-order valence-corrected chi connectivity index (χ1v) is 11.3. The van der Waals surface area contributed by atoms with Gasteiger partial charge in [-0.25, -0.2) is 5.43 Å². The molecule has 0 unspecified atom stereocenters. The number of hydrogen-bond donors (Lipinski definition) is 1. The second-order valence-electron chi connectivity index (χ2n) is 6.76. The van der Waals surface area contributed by atoms with Gasteiger partial charge in [-0.15, -0.1) is 0 Å². The van der Waals surface area contributed by atoms with Crippen LogP contribution in [0.15, 0.2) is 120 Å². The van der Waals surface area contributed by atoms with Crippen molar-refractivity contribution in [3.63, 3.8) is 0 Å². The van der Waals surface area contributed by atoms with Crippen molar-refractivity contribution in [2.75, 3.05) is 0 Å². The van der Waals surface area contributed by atoms with E-state index in [1.165, 1.54) is 15.9 Å². The summed E-state index contributed by atoms with van der Waals surface area (Å²) >= 11 is 0. The van der Waals surface area contributed by atoms with Crippen molar-refractivity contribution < 1.29 is 25.2 Å². The molecule has 0 atom stereocenters. The predicted octanol–water partition coefficient (Wildman–Crippen LogP) is 4.39. The first-order chi connectivity index (χ1) is 14.8. The number of amides is 1. The van der Waals surface area contributed by atoms with Crippen LogP contribution in [0.1, 0.15) is 15.9 Å². The van der Waals surface area contributed by atoms with Crippen molar-refractivity contribution in [1.82, 2.24) is 5.43 Å². The molecule has 0 aliphatic heterocycles. The Hall–Kier alpha value is -2.89. The Kier molecular flexibility index (Phi) is 10.2.